The summed E-state index contributed by atoms with van der Waals surface area (Å²) in [4.78, 5) is 10.5. The molecule has 13 heteroatoms. The molecular weight excluding hydrogens is 460 g/mol. The minimum Gasteiger partial charge on any atom is -0.481 e. The first kappa shape index (κ1) is 29.3. The summed E-state index contributed by atoms with van der Waals surface area (Å²) in [6.45, 7) is -1.07. The van der Waals surface area contributed by atoms with E-state index in [4.69, 9.17) is 24.1 Å². The van der Waals surface area contributed by atoms with Gasteiger partial charge in [0.15, 0.2) is 12.6 Å². The van der Waals surface area contributed by atoms with E-state index in [0.29, 0.717) is 12.8 Å². The van der Waals surface area contributed by atoms with Crippen molar-refractivity contribution in [3.8, 4) is 0 Å². The predicted octanol–water partition coefficient (Wildman–Crippen LogP) is -2.56. The van der Waals surface area contributed by atoms with E-state index >= 15 is 0 Å². The Morgan fingerprint density at radius 3 is 1.79 bits per heavy atom. The fourth-order valence-electron chi connectivity index (χ4n) is 3.95. The first-order valence-corrected chi connectivity index (χ1v) is 11.6. The highest BCUT2D eigenvalue weighted by Gasteiger charge is 2.50. The third kappa shape index (κ3) is 8.03. The van der Waals surface area contributed by atoms with Crippen molar-refractivity contribution in [1.29, 1.82) is 0 Å². The van der Waals surface area contributed by atoms with Gasteiger partial charge in [0, 0.05) is 13.0 Å². The molecule has 200 valence electrons. The van der Waals surface area contributed by atoms with Crippen LogP contribution in [-0.4, -0.2) is 128 Å². The first-order chi connectivity index (χ1) is 16.2. The van der Waals surface area contributed by atoms with Gasteiger partial charge in [0.1, 0.15) is 48.8 Å². The molecule has 0 aliphatic carbocycles. The molecule has 2 fully saturated rings. The Hall–Kier alpha value is -0.970. The van der Waals surface area contributed by atoms with Crippen molar-refractivity contribution in [3.05, 3.63) is 0 Å². The molecule has 0 radical (unpaired) electrons. The lowest BCUT2D eigenvalue weighted by Crippen LogP contribution is -2.64. The van der Waals surface area contributed by atoms with Gasteiger partial charge in [0.25, 0.3) is 0 Å². The molecule has 0 aromatic rings. The molecule has 34 heavy (non-hydrogen) atoms. The number of rotatable bonds is 14. The number of aliphatic carboxylic acids is 1. The maximum Gasteiger partial charge on any atom is 0.303 e. The number of hydrogen-bond donors (Lipinski definition) is 8. The molecular formula is C21H38O13. The summed E-state index contributed by atoms with van der Waals surface area (Å²) < 4.78 is 22.1. The van der Waals surface area contributed by atoms with Gasteiger partial charge in [0.2, 0.25) is 0 Å². The number of aliphatic hydroxyl groups is 7. The average molecular weight is 499 g/mol. The van der Waals surface area contributed by atoms with E-state index < -0.39 is 80.6 Å². The maximum atomic E-state index is 10.5. The standard InChI is InChI=1S/C21H38O13/c22-9-11-14(26)16(28)18(30)20(32-11)34-19-17(29)15(27)12(10-23)33-21(19)31-8-6-4-2-1-3-5-7-13(24)25/h11-12,14-23,26-30H,1-10H2,(H,24,25)/t11?,12?,14-,15-,16-,17-,18?,19?,20-,21?/m0/s1. The zero-order valence-electron chi connectivity index (χ0n) is 19.0. The third-order valence-electron chi connectivity index (χ3n) is 6.03. The molecule has 8 N–H and O–H groups in total. The number of carboxylic acids is 1. The van der Waals surface area contributed by atoms with Crippen LogP contribution in [-0.2, 0) is 23.7 Å². The normalized spacial score (nSPS) is 38.7. The first-order valence-electron chi connectivity index (χ1n) is 11.6. The van der Waals surface area contributed by atoms with Gasteiger partial charge in [-0.15, -0.1) is 0 Å². The van der Waals surface area contributed by atoms with Crippen LogP contribution in [0.4, 0.5) is 0 Å². The number of hydrogen-bond acceptors (Lipinski definition) is 12. The van der Waals surface area contributed by atoms with E-state index in [9.17, 15) is 40.5 Å². The van der Waals surface area contributed by atoms with Crippen LogP contribution in [0, 0.1) is 0 Å². The zero-order chi connectivity index (χ0) is 25.3. The molecule has 2 aliphatic heterocycles. The Labute approximate surface area is 197 Å². The topological polar surface area (TPSA) is 216 Å². The fraction of sp³-hybridized carbons (Fsp3) is 0.952. The van der Waals surface area contributed by atoms with Crippen molar-refractivity contribution in [2.24, 2.45) is 0 Å². The van der Waals surface area contributed by atoms with Crippen molar-refractivity contribution >= 4 is 5.97 Å². The van der Waals surface area contributed by atoms with Gasteiger partial charge < -0.3 is 59.8 Å². The van der Waals surface area contributed by atoms with Crippen LogP contribution in [0.2, 0.25) is 0 Å². The summed E-state index contributed by atoms with van der Waals surface area (Å²) in [7, 11) is 0. The van der Waals surface area contributed by atoms with Crippen LogP contribution in [0.15, 0.2) is 0 Å². The van der Waals surface area contributed by atoms with Crippen LogP contribution >= 0.6 is 0 Å². The molecule has 2 heterocycles. The number of carboxylic acid groups (broad SMARTS) is 1. The van der Waals surface area contributed by atoms with Gasteiger partial charge in [-0.1, -0.05) is 25.7 Å². The highest BCUT2D eigenvalue weighted by Crippen LogP contribution is 2.29. The molecule has 2 rings (SSSR count). The lowest BCUT2D eigenvalue weighted by Gasteiger charge is -2.45. The SMILES string of the molecule is O=C(O)CCCCCCCCOC1OC(CO)[C@H](O)[C@H](O)C1O[C@@H]1OC(CO)[C@H](O)[C@H](O)C1O. The van der Waals surface area contributed by atoms with E-state index in [1.54, 1.807) is 0 Å². The van der Waals surface area contributed by atoms with Crippen molar-refractivity contribution in [2.75, 3.05) is 19.8 Å². The van der Waals surface area contributed by atoms with Crippen LogP contribution in [0.5, 0.6) is 0 Å². The van der Waals surface area contributed by atoms with Gasteiger partial charge >= 0.3 is 5.97 Å². The summed E-state index contributed by atoms with van der Waals surface area (Å²) in [5.41, 5.74) is 0. The second kappa shape index (κ2) is 14.6. The minimum absolute atomic E-state index is 0.151. The molecule has 13 nitrogen and oxygen atoms in total. The van der Waals surface area contributed by atoms with Crippen LogP contribution in [0.3, 0.4) is 0 Å². The Balaban J connectivity index is 1.89. The second-order valence-corrected chi connectivity index (χ2v) is 8.64. The molecule has 2 aliphatic rings. The number of aliphatic hydroxyl groups excluding tert-OH is 7. The van der Waals surface area contributed by atoms with E-state index in [1.807, 2.05) is 0 Å². The number of ether oxygens (including phenoxy) is 4. The van der Waals surface area contributed by atoms with Gasteiger partial charge in [0.05, 0.1) is 13.2 Å². The van der Waals surface area contributed by atoms with Crippen LogP contribution < -0.4 is 0 Å². The number of unbranched alkanes of at least 4 members (excludes halogenated alkanes) is 5. The van der Waals surface area contributed by atoms with Crippen LogP contribution in [0.25, 0.3) is 0 Å². The monoisotopic (exact) mass is 498 g/mol. The van der Waals surface area contributed by atoms with E-state index in [2.05, 4.69) is 0 Å². The molecule has 0 saturated carbocycles. The Morgan fingerprint density at radius 1 is 0.676 bits per heavy atom. The predicted molar refractivity (Wildman–Crippen MR) is 112 cm³/mol. The van der Waals surface area contributed by atoms with Crippen molar-refractivity contribution in [2.45, 2.75) is 106 Å². The Kier molecular flexibility index (Phi) is 12.5. The van der Waals surface area contributed by atoms with Crippen molar-refractivity contribution < 1.29 is 64.6 Å². The fourth-order valence-corrected chi connectivity index (χ4v) is 3.95. The summed E-state index contributed by atoms with van der Waals surface area (Å²) in [6, 6.07) is 0. The lowest BCUT2D eigenvalue weighted by molar-refractivity contribution is -0.367. The summed E-state index contributed by atoms with van der Waals surface area (Å²) >= 11 is 0. The number of carbonyl (C=O) groups is 1. The zero-order valence-corrected chi connectivity index (χ0v) is 19.0. The Morgan fingerprint density at radius 2 is 1.21 bits per heavy atom. The van der Waals surface area contributed by atoms with Gasteiger partial charge in [-0.05, 0) is 12.8 Å². The van der Waals surface area contributed by atoms with Crippen LogP contribution in [0.1, 0.15) is 44.9 Å². The summed E-state index contributed by atoms with van der Waals surface area (Å²) in [5.74, 6) is -0.810. The molecule has 0 spiro atoms. The second-order valence-electron chi connectivity index (χ2n) is 8.64. The smallest absolute Gasteiger partial charge is 0.303 e. The largest absolute Gasteiger partial charge is 0.481 e. The summed E-state index contributed by atoms with van der Waals surface area (Å²) in [5, 5.41) is 78.2. The van der Waals surface area contributed by atoms with E-state index in [0.717, 1.165) is 25.7 Å². The molecule has 0 amide bonds. The van der Waals surface area contributed by atoms with Crippen molar-refractivity contribution in [3.63, 3.8) is 0 Å². The van der Waals surface area contributed by atoms with Crippen molar-refractivity contribution in [1.82, 2.24) is 0 Å². The maximum absolute atomic E-state index is 10.5. The highest BCUT2D eigenvalue weighted by atomic mass is 16.8. The molecule has 0 aromatic heterocycles. The molecule has 0 bridgehead atoms. The minimum atomic E-state index is -1.72. The van der Waals surface area contributed by atoms with E-state index in [-0.39, 0.29) is 13.0 Å². The van der Waals surface area contributed by atoms with Gasteiger partial charge in [-0.25, -0.2) is 0 Å². The Bertz CT molecular complexity index is 591. The average Bonchev–Trinajstić information content (AvgIpc) is 2.81. The van der Waals surface area contributed by atoms with Gasteiger partial charge in [-0.3, -0.25) is 4.79 Å². The molecule has 2 saturated heterocycles. The molecule has 5 unspecified atom stereocenters. The third-order valence-corrected chi connectivity index (χ3v) is 6.03. The lowest BCUT2D eigenvalue weighted by atomic mass is 9.97. The quantitative estimate of drug-likeness (QED) is 0.116. The molecule has 0 aromatic carbocycles. The highest BCUT2D eigenvalue weighted by molar-refractivity contribution is 5.66. The van der Waals surface area contributed by atoms with Gasteiger partial charge in [-0.2, -0.15) is 0 Å². The molecule has 10 atom stereocenters. The summed E-state index contributed by atoms with van der Waals surface area (Å²) in [6.07, 6.45) is -9.96. The van der Waals surface area contributed by atoms with E-state index in [1.165, 1.54) is 0 Å².